The number of nitrogens with zero attached hydrogens (tertiary/aromatic N) is 2. The van der Waals surface area contributed by atoms with Crippen molar-refractivity contribution >= 4 is 5.97 Å². The molecular weight excluding hydrogens is 254 g/mol. The van der Waals surface area contributed by atoms with Crippen molar-refractivity contribution in [1.82, 2.24) is 9.55 Å². The number of carbonyl (C=O) groups excluding carboxylic acids is 1. The predicted molar refractivity (Wildman–Crippen MR) is 63.7 cm³/mol. The zero-order valence-corrected chi connectivity index (χ0v) is 10.4. The maximum absolute atomic E-state index is 13.7. The van der Waals surface area contributed by atoms with Crippen molar-refractivity contribution < 1.29 is 18.3 Å². The van der Waals surface area contributed by atoms with Crippen LogP contribution in [0.2, 0.25) is 0 Å². The van der Waals surface area contributed by atoms with E-state index >= 15 is 0 Å². The molecule has 0 spiro atoms. The van der Waals surface area contributed by atoms with Gasteiger partial charge in [0.25, 0.3) is 6.08 Å². The lowest BCUT2D eigenvalue weighted by molar-refractivity contribution is 0.0579. The summed E-state index contributed by atoms with van der Waals surface area (Å²) >= 11 is 0. The number of imidazole rings is 1. The fourth-order valence-corrected chi connectivity index (χ4v) is 1.89. The van der Waals surface area contributed by atoms with Crippen molar-refractivity contribution in [2.45, 2.75) is 13.0 Å². The molecule has 0 fully saturated rings. The van der Waals surface area contributed by atoms with Crippen LogP contribution in [0.25, 0.3) is 0 Å². The summed E-state index contributed by atoms with van der Waals surface area (Å²) in [5.74, 6) is -2.14. The van der Waals surface area contributed by atoms with Crippen LogP contribution in [0.4, 0.5) is 8.78 Å². The van der Waals surface area contributed by atoms with Gasteiger partial charge in [-0.3, -0.25) is 4.57 Å². The molecule has 19 heavy (non-hydrogen) atoms. The quantitative estimate of drug-likeness (QED) is 0.802. The molecule has 0 aliphatic heterocycles. The van der Waals surface area contributed by atoms with Crippen molar-refractivity contribution in [2.75, 3.05) is 7.11 Å². The molecule has 0 aliphatic rings. The van der Waals surface area contributed by atoms with E-state index in [9.17, 15) is 13.6 Å². The molecule has 0 radical (unpaired) electrons. The van der Waals surface area contributed by atoms with Gasteiger partial charge in [-0.1, -0.05) is 30.3 Å². The highest BCUT2D eigenvalue weighted by Gasteiger charge is 2.27. The van der Waals surface area contributed by atoms with E-state index in [1.807, 2.05) is 6.07 Å². The second-order valence-corrected chi connectivity index (χ2v) is 3.97. The Morgan fingerprint density at radius 2 is 1.95 bits per heavy atom. The number of ether oxygens (including phenoxy) is 1. The zero-order valence-electron chi connectivity index (χ0n) is 10.4. The van der Waals surface area contributed by atoms with Gasteiger partial charge in [0.2, 0.25) is 5.95 Å². The molecule has 0 saturated carbocycles. The summed E-state index contributed by atoms with van der Waals surface area (Å²) in [5, 5.41) is 0. The highest BCUT2D eigenvalue weighted by Crippen LogP contribution is 2.23. The lowest BCUT2D eigenvalue weighted by Crippen LogP contribution is -2.17. The maximum atomic E-state index is 13.7. The van der Waals surface area contributed by atoms with Crippen LogP contribution in [0.1, 0.15) is 29.0 Å². The molecule has 0 amide bonds. The molecule has 0 saturated heterocycles. The van der Waals surface area contributed by atoms with Gasteiger partial charge in [-0.25, -0.2) is 4.79 Å². The average molecular weight is 266 g/mol. The van der Waals surface area contributed by atoms with Gasteiger partial charge in [0.1, 0.15) is 0 Å². The molecule has 6 heteroatoms. The second-order valence-electron chi connectivity index (χ2n) is 3.97. The highest BCUT2D eigenvalue weighted by molar-refractivity contribution is 5.87. The largest absolute Gasteiger partial charge is 0.464 e. The Kier molecular flexibility index (Phi) is 3.59. The Bertz CT molecular complexity index is 596. The molecule has 0 aliphatic carbocycles. The molecule has 1 aromatic carbocycles. The topological polar surface area (TPSA) is 44.1 Å². The molecule has 1 unspecified atom stereocenters. The van der Waals surface area contributed by atoms with Crippen molar-refractivity contribution in [3.8, 4) is 0 Å². The first-order valence-corrected chi connectivity index (χ1v) is 5.62. The number of halogens is 2. The Morgan fingerprint density at radius 1 is 1.32 bits per heavy atom. The molecule has 0 bridgehead atoms. The van der Waals surface area contributed by atoms with E-state index in [1.54, 1.807) is 31.2 Å². The molecule has 2 aromatic rings. The first kappa shape index (κ1) is 13.2. The van der Waals surface area contributed by atoms with Crippen LogP contribution in [0, 0.1) is 12.0 Å². The first-order chi connectivity index (χ1) is 9.06. The van der Waals surface area contributed by atoms with Gasteiger partial charge in [-0.2, -0.15) is 13.8 Å². The standard InChI is InChI=1S/C13H12F2N2O2/c1-8(9-6-4-3-5-7-9)17-10(12(18)19-2)11(14)16-13(17)15/h3-8H,1-2H3. The third kappa shape index (κ3) is 2.33. The summed E-state index contributed by atoms with van der Waals surface area (Å²) in [7, 11) is 1.10. The summed E-state index contributed by atoms with van der Waals surface area (Å²) in [6, 6.07) is 8.28. The summed E-state index contributed by atoms with van der Waals surface area (Å²) in [4.78, 5) is 14.6. The summed E-state index contributed by atoms with van der Waals surface area (Å²) < 4.78 is 32.6. The number of methoxy groups -OCH3 is 1. The summed E-state index contributed by atoms with van der Waals surface area (Å²) in [6.07, 6.45) is -1.06. The Morgan fingerprint density at radius 3 is 2.53 bits per heavy atom. The fraction of sp³-hybridized carbons (Fsp3) is 0.231. The lowest BCUT2D eigenvalue weighted by Gasteiger charge is -2.16. The van der Waals surface area contributed by atoms with Gasteiger partial charge in [-0.05, 0) is 12.5 Å². The average Bonchev–Trinajstić information content (AvgIpc) is 2.72. The van der Waals surface area contributed by atoms with Crippen molar-refractivity contribution in [1.29, 1.82) is 0 Å². The molecule has 1 atom stereocenters. The third-order valence-electron chi connectivity index (χ3n) is 2.87. The Hall–Kier alpha value is -2.24. The van der Waals surface area contributed by atoms with Gasteiger partial charge in [-0.15, -0.1) is 0 Å². The van der Waals surface area contributed by atoms with Crippen LogP contribution in [-0.2, 0) is 4.74 Å². The number of hydrogen-bond acceptors (Lipinski definition) is 3. The van der Waals surface area contributed by atoms with Crippen LogP contribution in [-0.4, -0.2) is 22.6 Å². The molecule has 1 heterocycles. The number of benzene rings is 1. The predicted octanol–water partition coefficient (Wildman–Crippen LogP) is 2.56. The Balaban J connectivity index is 2.53. The summed E-state index contributed by atoms with van der Waals surface area (Å²) in [5.41, 5.74) is 0.209. The SMILES string of the molecule is COC(=O)c1c(F)nc(F)n1C(C)c1ccccc1. The Labute approximate surface area is 108 Å². The minimum atomic E-state index is -1.17. The monoisotopic (exact) mass is 266 g/mol. The first-order valence-electron chi connectivity index (χ1n) is 5.62. The van der Waals surface area contributed by atoms with E-state index in [2.05, 4.69) is 9.72 Å². The van der Waals surface area contributed by atoms with E-state index in [4.69, 9.17) is 0 Å². The van der Waals surface area contributed by atoms with Crippen LogP contribution in [0.3, 0.4) is 0 Å². The lowest BCUT2D eigenvalue weighted by atomic mass is 10.1. The number of aromatic nitrogens is 2. The van der Waals surface area contributed by atoms with E-state index in [0.29, 0.717) is 0 Å². The number of esters is 1. The maximum Gasteiger partial charge on any atom is 0.359 e. The van der Waals surface area contributed by atoms with Crippen LogP contribution >= 0.6 is 0 Å². The van der Waals surface area contributed by atoms with Crippen molar-refractivity contribution in [3.63, 3.8) is 0 Å². The van der Waals surface area contributed by atoms with Gasteiger partial charge in [0, 0.05) is 0 Å². The summed E-state index contributed by atoms with van der Waals surface area (Å²) in [6.45, 7) is 1.64. The van der Waals surface area contributed by atoms with Crippen LogP contribution < -0.4 is 0 Å². The number of carbonyl (C=O) groups is 1. The second kappa shape index (κ2) is 5.17. The van der Waals surface area contributed by atoms with E-state index in [0.717, 1.165) is 17.2 Å². The molecular formula is C13H12F2N2O2. The third-order valence-corrected chi connectivity index (χ3v) is 2.87. The van der Waals surface area contributed by atoms with Crippen LogP contribution in [0.15, 0.2) is 30.3 Å². The van der Waals surface area contributed by atoms with Gasteiger partial charge >= 0.3 is 5.97 Å². The van der Waals surface area contributed by atoms with Gasteiger partial charge < -0.3 is 4.74 Å². The van der Waals surface area contributed by atoms with E-state index < -0.39 is 29.7 Å². The van der Waals surface area contributed by atoms with Gasteiger partial charge in [0.05, 0.1) is 13.2 Å². The highest BCUT2D eigenvalue weighted by atomic mass is 19.1. The van der Waals surface area contributed by atoms with Crippen molar-refractivity contribution in [2.24, 2.45) is 0 Å². The molecule has 2 rings (SSSR count). The fourth-order valence-electron chi connectivity index (χ4n) is 1.89. The van der Waals surface area contributed by atoms with E-state index in [1.165, 1.54) is 0 Å². The van der Waals surface area contributed by atoms with Crippen molar-refractivity contribution in [3.05, 3.63) is 53.6 Å². The molecule has 0 N–H and O–H groups in total. The molecule has 4 nitrogen and oxygen atoms in total. The van der Waals surface area contributed by atoms with E-state index in [-0.39, 0.29) is 0 Å². The van der Waals surface area contributed by atoms with Crippen LogP contribution in [0.5, 0.6) is 0 Å². The normalized spacial score (nSPS) is 12.2. The molecule has 1 aromatic heterocycles. The van der Waals surface area contributed by atoms with Gasteiger partial charge in [0.15, 0.2) is 5.69 Å². The molecule has 100 valence electrons. The zero-order chi connectivity index (χ0) is 14.0. The minimum absolute atomic E-state index is 0.517. The minimum Gasteiger partial charge on any atom is -0.464 e. The smallest absolute Gasteiger partial charge is 0.359 e. The number of hydrogen-bond donors (Lipinski definition) is 0. The number of rotatable bonds is 3.